The van der Waals surface area contributed by atoms with Crippen molar-refractivity contribution in [3.8, 4) is 0 Å². The van der Waals surface area contributed by atoms with Gasteiger partial charge in [0.2, 0.25) is 0 Å². The second kappa shape index (κ2) is 36.1. The lowest BCUT2D eigenvalue weighted by Crippen LogP contribution is -2.60. The summed E-state index contributed by atoms with van der Waals surface area (Å²) in [5.74, 6) is -2.47. The Morgan fingerprint density at radius 3 is 0.773 bits per heavy atom. The summed E-state index contributed by atoms with van der Waals surface area (Å²) >= 11 is 0. The van der Waals surface area contributed by atoms with E-state index < -0.39 is 167 Å². The zero-order valence-corrected chi connectivity index (χ0v) is 45.0. The second-order valence-electron chi connectivity index (χ2n) is 21.2. The van der Waals surface area contributed by atoms with E-state index in [4.69, 9.17) is 42.6 Å². The van der Waals surface area contributed by atoms with E-state index in [1.165, 1.54) is 0 Å². The van der Waals surface area contributed by atoms with Crippen LogP contribution in [0.5, 0.6) is 0 Å². The third-order valence-electron chi connectivity index (χ3n) is 14.8. The molecule has 0 saturated carbocycles. The van der Waals surface area contributed by atoms with Crippen molar-refractivity contribution in [3.05, 3.63) is 0 Å². The maximum atomic E-state index is 13.6. The third-order valence-corrected chi connectivity index (χ3v) is 14.8. The molecule has 21 heteroatoms. The van der Waals surface area contributed by atoms with Crippen LogP contribution in [-0.2, 0) is 57.0 Å². The van der Waals surface area contributed by atoms with Gasteiger partial charge in [-0.1, -0.05) is 156 Å². The van der Waals surface area contributed by atoms with Crippen LogP contribution in [0.4, 0.5) is 0 Å². The lowest BCUT2D eigenvalue weighted by Gasteiger charge is -2.41. The highest BCUT2D eigenvalue weighted by molar-refractivity contribution is 5.70. The zero-order chi connectivity index (χ0) is 54.7. The Balaban J connectivity index is 1.61. The number of cyclic esters (lactones) is 3. The van der Waals surface area contributed by atoms with Crippen molar-refractivity contribution in [2.24, 2.45) is 0 Å². The van der Waals surface area contributed by atoms with Gasteiger partial charge in [0, 0.05) is 0 Å². The number of ether oxygens (including phenoxy) is 9. The number of unbranched alkanes of at least 4 members (excludes halogenated alkanes) is 18. The zero-order valence-electron chi connectivity index (χ0n) is 45.0. The lowest BCUT2D eigenvalue weighted by molar-refractivity contribution is -0.314. The molecule has 0 aromatic heterocycles. The molecule has 4 rings (SSSR count). The molecule has 0 radical (unpaired) electrons. The number of esters is 3. The molecule has 0 aromatic rings. The standard InChI is InChI=1S/C54H96O21/c1-4-7-10-13-16-19-22-25-34-28-40(55)67-31-38-44(59)47(62)50(65)53(74-38)71-36(27-24-21-18-15-12-9-6-3)30-42(57)69-33-39-45(60)48(63)51(66)54(75-39)72-35(26-23-20-17-14-11-8-5-2)29-41(56)68-32-37-43(58)46(61)49(64)52(70-34)73-37/h34-39,43-54,58-66H,4-33H2,1-3H3/t34-,35-,36-,37?,38?,39?,43?,44?,45?,46?,47?,48?,49?,50?,51?,52?,53?,54?/m1/s1. The summed E-state index contributed by atoms with van der Waals surface area (Å²) in [5, 5.41) is 99.2. The van der Waals surface area contributed by atoms with Crippen molar-refractivity contribution in [2.45, 2.75) is 305 Å². The Bertz CT molecular complexity index is 1380. The number of aliphatic hydroxyl groups is 9. The van der Waals surface area contributed by atoms with Crippen LogP contribution in [0.25, 0.3) is 0 Å². The average Bonchev–Trinajstić information content (AvgIpc) is 3.38. The van der Waals surface area contributed by atoms with Gasteiger partial charge in [-0.3, -0.25) is 14.4 Å². The van der Waals surface area contributed by atoms with Crippen molar-refractivity contribution < 1.29 is 103 Å². The Labute approximate surface area is 444 Å². The van der Waals surface area contributed by atoms with E-state index in [1.807, 2.05) is 0 Å². The minimum Gasteiger partial charge on any atom is -0.463 e. The number of carbonyl (C=O) groups excluding carboxylic acids is 3. The van der Waals surface area contributed by atoms with Crippen LogP contribution < -0.4 is 0 Å². The molecular formula is C54H96O21. The van der Waals surface area contributed by atoms with Gasteiger partial charge in [0.05, 0.1) is 37.6 Å². The van der Waals surface area contributed by atoms with Crippen LogP contribution in [-0.4, -0.2) is 194 Å². The number of carbonyl (C=O) groups is 3. The molecule has 18 atom stereocenters. The largest absolute Gasteiger partial charge is 0.463 e. The van der Waals surface area contributed by atoms with Gasteiger partial charge in [-0.15, -0.1) is 0 Å². The summed E-state index contributed by atoms with van der Waals surface area (Å²) in [6.07, 6.45) is -8.42. The van der Waals surface area contributed by atoms with E-state index in [0.29, 0.717) is 19.3 Å². The Morgan fingerprint density at radius 2 is 0.533 bits per heavy atom. The summed E-state index contributed by atoms with van der Waals surface area (Å²) in [7, 11) is 0. The van der Waals surface area contributed by atoms with E-state index in [-0.39, 0.29) is 19.3 Å². The molecule has 15 unspecified atom stereocenters. The summed E-state index contributed by atoms with van der Waals surface area (Å²) in [6.45, 7) is 4.57. The van der Waals surface area contributed by atoms with Gasteiger partial charge in [-0.2, -0.15) is 0 Å². The molecule has 21 nitrogen and oxygen atoms in total. The molecule has 4 fully saturated rings. The Hall–Kier alpha value is -2.19. The van der Waals surface area contributed by atoms with Crippen molar-refractivity contribution in [1.82, 2.24) is 0 Å². The van der Waals surface area contributed by atoms with Crippen LogP contribution in [0.2, 0.25) is 0 Å². The number of hydrogen-bond donors (Lipinski definition) is 9. The predicted octanol–water partition coefficient (Wildman–Crippen LogP) is 3.80. The van der Waals surface area contributed by atoms with Crippen molar-refractivity contribution in [1.29, 1.82) is 0 Å². The molecular weight excluding hydrogens is 985 g/mol. The quantitative estimate of drug-likeness (QED) is 0.0377. The summed E-state index contributed by atoms with van der Waals surface area (Å²) in [4.78, 5) is 40.7. The topological polar surface area (TPSA) is 316 Å². The molecule has 0 aromatic carbocycles. The SMILES string of the molecule is CCCCCCCCC[C@@H]1CC(=O)OCC2OC(O[C@H](CCCCCCCCC)CC(=O)OCC3OC(O[C@H](CCCCCCCCC)CC(=O)OCC4OC(O1)C(O)C(O)C4O)C(O)C(O)C3O)C(O)C(O)C2O. The van der Waals surface area contributed by atoms with Crippen LogP contribution in [0.3, 0.4) is 0 Å². The third kappa shape index (κ3) is 22.8. The number of rotatable bonds is 24. The fourth-order valence-electron chi connectivity index (χ4n) is 9.97. The molecule has 438 valence electrons. The minimum absolute atomic E-state index is 0.288. The second-order valence-corrected chi connectivity index (χ2v) is 21.2. The number of aliphatic hydroxyl groups excluding tert-OH is 9. The van der Waals surface area contributed by atoms with Gasteiger partial charge in [0.1, 0.15) is 93.1 Å². The first-order valence-corrected chi connectivity index (χ1v) is 28.6. The van der Waals surface area contributed by atoms with E-state index in [9.17, 15) is 60.3 Å². The van der Waals surface area contributed by atoms with Gasteiger partial charge in [-0.25, -0.2) is 0 Å². The fourth-order valence-corrected chi connectivity index (χ4v) is 9.97. The fraction of sp³-hybridized carbons (Fsp3) is 0.944. The van der Waals surface area contributed by atoms with Crippen molar-refractivity contribution in [3.63, 3.8) is 0 Å². The van der Waals surface area contributed by atoms with Crippen molar-refractivity contribution >= 4 is 17.9 Å². The molecule has 75 heavy (non-hydrogen) atoms. The number of fused-ring (bicyclic) bond motifs is 6. The smallest absolute Gasteiger partial charge is 0.308 e. The van der Waals surface area contributed by atoms with Gasteiger partial charge in [-0.05, 0) is 19.3 Å². The molecule has 0 aliphatic carbocycles. The number of hydrogen-bond acceptors (Lipinski definition) is 21. The van der Waals surface area contributed by atoms with Gasteiger partial charge >= 0.3 is 17.9 Å². The molecule has 6 bridgehead atoms. The van der Waals surface area contributed by atoms with E-state index in [1.54, 1.807) is 0 Å². The van der Waals surface area contributed by atoms with E-state index >= 15 is 0 Å². The molecule has 9 N–H and O–H groups in total. The van der Waals surface area contributed by atoms with Crippen LogP contribution in [0.15, 0.2) is 0 Å². The molecule has 0 amide bonds. The van der Waals surface area contributed by atoms with Gasteiger partial charge in [0.15, 0.2) is 18.9 Å². The van der Waals surface area contributed by atoms with Crippen molar-refractivity contribution in [2.75, 3.05) is 19.8 Å². The highest BCUT2D eigenvalue weighted by Crippen LogP contribution is 2.30. The van der Waals surface area contributed by atoms with E-state index in [2.05, 4.69) is 20.8 Å². The van der Waals surface area contributed by atoms with E-state index in [0.717, 1.165) is 116 Å². The average molecular weight is 1080 g/mol. The highest BCUT2D eigenvalue weighted by atomic mass is 16.7. The lowest BCUT2D eigenvalue weighted by atomic mass is 9.98. The first kappa shape index (κ1) is 65.3. The normalized spacial score (nSPS) is 36.2. The first-order chi connectivity index (χ1) is 36.1. The summed E-state index contributed by atoms with van der Waals surface area (Å²) in [5.41, 5.74) is 0. The molecule has 4 aliphatic heterocycles. The maximum absolute atomic E-state index is 13.6. The first-order valence-electron chi connectivity index (χ1n) is 28.6. The highest BCUT2D eigenvalue weighted by Gasteiger charge is 2.49. The monoisotopic (exact) mass is 1080 g/mol. The molecule has 4 saturated heterocycles. The van der Waals surface area contributed by atoms with Gasteiger partial charge in [0.25, 0.3) is 0 Å². The van der Waals surface area contributed by atoms with Crippen LogP contribution in [0.1, 0.15) is 194 Å². The predicted molar refractivity (Wildman–Crippen MR) is 269 cm³/mol. The Kier molecular flexibility index (Phi) is 31.5. The maximum Gasteiger partial charge on any atom is 0.308 e. The minimum atomic E-state index is -1.82. The molecule has 0 spiro atoms. The molecule has 4 aliphatic rings. The summed E-state index contributed by atoms with van der Waals surface area (Å²) in [6, 6.07) is 0. The van der Waals surface area contributed by atoms with Crippen LogP contribution in [0, 0.1) is 0 Å². The van der Waals surface area contributed by atoms with Crippen LogP contribution >= 0.6 is 0 Å². The van der Waals surface area contributed by atoms with Gasteiger partial charge < -0.3 is 88.6 Å². The Morgan fingerprint density at radius 1 is 0.307 bits per heavy atom. The summed E-state index contributed by atoms with van der Waals surface area (Å²) < 4.78 is 52.9. The molecule has 4 heterocycles.